The molecule has 2 aromatic heterocycles. The summed E-state index contributed by atoms with van der Waals surface area (Å²) in [6.45, 7) is 4.66. The minimum atomic E-state index is -0.630. The van der Waals surface area contributed by atoms with E-state index in [0.29, 0.717) is 6.54 Å². The quantitative estimate of drug-likeness (QED) is 0.216. The number of halogens is 1. The number of fused-ring (bicyclic) bond motifs is 1. The Morgan fingerprint density at radius 3 is 2.21 bits per heavy atom. The molecule has 0 aliphatic heterocycles. The standard InChI is InChI=1S/C36H36N4O.FH/c1-25-16-18-30(20-26(25)2)35-23-36(29-13-7-4-8-14-29)40(39-35)24-32(41)21-27-10-9-15-33-31(19-17-27)22-34(38-37-33)28-11-5-3-6-12-28;/h3-8,11-14,16,18,20-23,32,41H,9-10,15,17,19,24H2,1-2H3;1H. The van der Waals surface area contributed by atoms with Crippen molar-refractivity contribution in [2.75, 3.05) is 0 Å². The van der Waals surface area contributed by atoms with Gasteiger partial charge in [-0.2, -0.15) is 15.3 Å². The van der Waals surface area contributed by atoms with Crippen molar-refractivity contribution in [3.63, 3.8) is 0 Å². The Kier molecular flexibility index (Phi) is 9.03. The number of allylic oxidation sites excluding steroid dienone is 1. The first-order chi connectivity index (χ1) is 20.0. The maximum atomic E-state index is 11.3. The molecule has 214 valence electrons. The third-order valence-electron chi connectivity index (χ3n) is 8.10. The van der Waals surface area contributed by atoms with E-state index in [2.05, 4.69) is 84.7 Å². The van der Waals surface area contributed by atoms with Crippen molar-refractivity contribution in [1.82, 2.24) is 20.0 Å². The van der Waals surface area contributed by atoms with Gasteiger partial charge in [0.15, 0.2) is 0 Å². The summed E-state index contributed by atoms with van der Waals surface area (Å²) in [6.07, 6.45) is 6.09. The van der Waals surface area contributed by atoms with Gasteiger partial charge in [0.1, 0.15) is 0 Å². The maximum absolute atomic E-state index is 11.3. The van der Waals surface area contributed by atoms with Crippen LogP contribution in [0.4, 0.5) is 4.70 Å². The molecule has 0 amide bonds. The molecule has 6 heteroatoms. The molecule has 42 heavy (non-hydrogen) atoms. The number of aryl methyl sites for hydroxylation is 4. The van der Waals surface area contributed by atoms with Crippen LogP contribution >= 0.6 is 0 Å². The van der Waals surface area contributed by atoms with E-state index in [1.807, 2.05) is 41.1 Å². The third kappa shape index (κ3) is 6.55. The number of hydrogen-bond acceptors (Lipinski definition) is 4. The second kappa shape index (κ2) is 13.0. The Balaban J connectivity index is 0.00000353. The zero-order chi connectivity index (χ0) is 28.2. The number of nitrogens with zero attached hydrogens (tertiary/aromatic N) is 4. The smallest absolute Gasteiger partial charge is 0.0932 e. The van der Waals surface area contributed by atoms with E-state index in [0.717, 1.165) is 71.6 Å². The highest BCUT2D eigenvalue weighted by Crippen LogP contribution is 2.29. The van der Waals surface area contributed by atoms with Gasteiger partial charge in [-0.3, -0.25) is 9.39 Å². The lowest BCUT2D eigenvalue weighted by atomic mass is 9.92. The van der Waals surface area contributed by atoms with Crippen molar-refractivity contribution < 1.29 is 9.81 Å². The minimum absolute atomic E-state index is 0. The summed E-state index contributed by atoms with van der Waals surface area (Å²) in [5, 5.41) is 25.3. The zero-order valence-electron chi connectivity index (χ0n) is 24.2. The van der Waals surface area contributed by atoms with Crippen LogP contribution in [-0.4, -0.2) is 31.2 Å². The van der Waals surface area contributed by atoms with E-state index in [4.69, 9.17) is 5.10 Å². The largest absolute Gasteiger partial charge is 0.387 e. The van der Waals surface area contributed by atoms with E-state index in [1.54, 1.807) is 0 Å². The highest BCUT2D eigenvalue weighted by Gasteiger charge is 2.17. The van der Waals surface area contributed by atoms with Gasteiger partial charge in [0.05, 0.1) is 35.4 Å². The third-order valence-corrected chi connectivity index (χ3v) is 8.10. The van der Waals surface area contributed by atoms with Gasteiger partial charge in [0.25, 0.3) is 0 Å². The first-order valence-corrected chi connectivity index (χ1v) is 14.5. The fraction of sp³-hybridized carbons (Fsp3) is 0.250. The predicted octanol–water partition coefficient (Wildman–Crippen LogP) is 7.70. The number of aliphatic hydroxyl groups is 1. The predicted molar refractivity (Wildman–Crippen MR) is 168 cm³/mol. The number of rotatable bonds is 6. The lowest BCUT2D eigenvalue weighted by Gasteiger charge is -2.17. The first-order valence-electron chi connectivity index (χ1n) is 14.5. The number of aliphatic hydroxyl groups excluding tert-OH is 1. The van der Waals surface area contributed by atoms with Crippen molar-refractivity contribution in [2.24, 2.45) is 0 Å². The molecule has 1 aliphatic carbocycles. The molecule has 0 radical (unpaired) electrons. The molecule has 0 saturated heterocycles. The SMILES string of the molecule is Cc1ccc(-c2cc(-c3ccccc3)n(CC(O)C=C3CCCc4nnc(-c5ccccc5)cc4CC3)n2)cc1C.F. The van der Waals surface area contributed by atoms with E-state index < -0.39 is 6.10 Å². The summed E-state index contributed by atoms with van der Waals surface area (Å²) in [4.78, 5) is 0. The Bertz CT molecular complexity index is 1680. The van der Waals surface area contributed by atoms with Gasteiger partial charge >= 0.3 is 0 Å². The maximum Gasteiger partial charge on any atom is 0.0932 e. The molecule has 0 spiro atoms. The second-order valence-electron chi connectivity index (χ2n) is 11.1. The summed E-state index contributed by atoms with van der Waals surface area (Å²) in [5.41, 5.74) is 12.3. The van der Waals surface area contributed by atoms with Gasteiger partial charge in [-0.05, 0) is 86.4 Å². The van der Waals surface area contributed by atoms with E-state index >= 15 is 0 Å². The van der Waals surface area contributed by atoms with Crippen LogP contribution in [0.3, 0.4) is 0 Å². The number of aromatic nitrogens is 4. The van der Waals surface area contributed by atoms with Gasteiger partial charge in [-0.1, -0.05) is 84.4 Å². The molecule has 0 bridgehead atoms. The topological polar surface area (TPSA) is 63.8 Å². The van der Waals surface area contributed by atoms with Crippen LogP contribution in [-0.2, 0) is 19.4 Å². The molecule has 1 unspecified atom stereocenters. The minimum Gasteiger partial charge on any atom is -0.387 e. The van der Waals surface area contributed by atoms with Crippen molar-refractivity contribution in [1.29, 1.82) is 0 Å². The highest BCUT2D eigenvalue weighted by molar-refractivity contribution is 5.69. The second-order valence-corrected chi connectivity index (χ2v) is 11.1. The molecule has 6 rings (SSSR count). The fourth-order valence-corrected chi connectivity index (χ4v) is 5.64. The average Bonchev–Trinajstić information content (AvgIpc) is 3.40. The first kappa shape index (κ1) is 29.1. The van der Waals surface area contributed by atoms with Crippen LogP contribution in [0.2, 0.25) is 0 Å². The van der Waals surface area contributed by atoms with Crippen molar-refractivity contribution in [3.05, 3.63) is 125 Å². The van der Waals surface area contributed by atoms with E-state index in [-0.39, 0.29) is 4.70 Å². The van der Waals surface area contributed by atoms with E-state index in [1.165, 1.54) is 22.3 Å². The number of hydrogen-bond donors (Lipinski definition) is 1. The molecule has 5 nitrogen and oxygen atoms in total. The fourth-order valence-electron chi connectivity index (χ4n) is 5.64. The summed E-state index contributed by atoms with van der Waals surface area (Å²) in [6, 6.07) is 31.3. The van der Waals surface area contributed by atoms with E-state index in [9.17, 15) is 5.11 Å². The molecule has 0 fully saturated rings. The van der Waals surface area contributed by atoms with Crippen LogP contribution in [0.5, 0.6) is 0 Å². The lowest BCUT2D eigenvalue weighted by molar-refractivity contribution is 0.195. The van der Waals surface area contributed by atoms with Gasteiger partial charge in [-0.25, -0.2) is 0 Å². The highest BCUT2D eigenvalue weighted by atomic mass is 19.0. The van der Waals surface area contributed by atoms with Gasteiger partial charge in [0, 0.05) is 11.1 Å². The molecule has 3 aromatic carbocycles. The summed E-state index contributed by atoms with van der Waals surface area (Å²) < 4.78 is 1.96. The molecule has 2 heterocycles. The summed E-state index contributed by atoms with van der Waals surface area (Å²) in [7, 11) is 0. The monoisotopic (exact) mass is 560 g/mol. The summed E-state index contributed by atoms with van der Waals surface area (Å²) >= 11 is 0. The van der Waals surface area contributed by atoms with Crippen LogP contribution < -0.4 is 0 Å². The van der Waals surface area contributed by atoms with Crippen molar-refractivity contribution in [2.45, 2.75) is 58.6 Å². The van der Waals surface area contributed by atoms with Gasteiger partial charge in [-0.15, -0.1) is 0 Å². The normalized spacial score (nSPS) is 14.9. The molecule has 1 N–H and O–H groups in total. The zero-order valence-corrected chi connectivity index (χ0v) is 24.2. The lowest BCUT2D eigenvalue weighted by Crippen LogP contribution is -2.17. The van der Waals surface area contributed by atoms with Crippen molar-refractivity contribution >= 4 is 0 Å². The number of benzene rings is 3. The average molecular weight is 561 g/mol. The van der Waals surface area contributed by atoms with Gasteiger partial charge in [0.2, 0.25) is 0 Å². The van der Waals surface area contributed by atoms with Gasteiger partial charge < -0.3 is 5.11 Å². The Morgan fingerprint density at radius 1 is 0.738 bits per heavy atom. The summed E-state index contributed by atoms with van der Waals surface area (Å²) in [5.74, 6) is 0. The van der Waals surface area contributed by atoms with Crippen LogP contribution in [0.15, 0.2) is 103 Å². The molecule has 5 aromatic rings. The Morgan fingerprint density at radius 2 is 1.48 bits per heavy atom. The molecular formula is C36H37FN4O. The Hall–Kier alpha value is -4.42. The van der Waals surface area contributed by atoms with Crippen LogP contribution in [0, 0.1) is 13.8 Å². The molecular weight excluding hydrogens is 523 g/mol. The molecule has 1 atom stereocenters. The molecule has 1 aliphatic rings. The van der Waals surface area contributed by atoms with Crippen LogP contribution in [0.1, 0.15) is 41.6 Å². The Labute approximate surface area is 247 Å². The van der Waals surface area contributed by atoms with Crippen molar-refractivity contribution in [3.8, 4) is 33.8 Å². The van der Waals surface area contributed by atoms with Crippen LogP contribution in [0.25, 0.3) is 33.8 Å². The molecule has 0 saturated carbocycles.